The molecular weight excluding hydrogens is 292 g/mol. The van der Waals surface area contributed by atoms with E-state index in [0.29, 0.717) is 5.92 Å². The van der Waals surface area contributed by atoms with E-state index in [1.54, 1.807) is 4.57 Å². The summed E-state index contributed by atoms with van der Waals surface area (Å²) in [4.78, 5) is 11.3. The molecule has 6 nitrogen and oxygen atoms in total. The lowest BCUT2D eigenvalue weighted by Crippen LogP contribution is -2.32. The van der Waals surface area contributed by atoms with Crippen LogP contribution in [0.15, 0.2) is 17.2 Å². The second-order valence-electron chi connectivity index (χ2n) is 6.24. The molecule has 3 rings (SSSR count). The van der Waals surface area contributed by atoms with Crippen LogP contribution in [0, 0.1) is 5.92 Å². The van der Waals surface area contributed by atoms with Crippen LogP contribution in [0.5, 0.6) is 0 Å². The van der Waals surface area contributed by atoms with E-state index in [9.17, 15) is 18.3 Å². The normalized spacial score (nSPS) is 26.1. The van der Waals surface area contributed by atoms with Crippen LogP contribution in [-0.4, -0.2) is 30.1 Å². The van der Waals surface area contributed by atoms with Crippen LogP contribution in [-0.2, 0) is 10.0 Å². The van der Waals surface area contributed by atoms with Gasteiger partial charge in [0.05, 0.1) is 0 Å². The molecule has 1 aromatic heterocycles. The fourth-order valence-electron chi connectivity index (χ4n) is 3.03. The first-order valence-electron chi connectivity index (χ1n) is 7.34. The lowest BCUT2D eigenvalue weighted by atomic mass is 10.1. The minimum Gasteiger partial charge on any atom is -0.477 e. The fraction of sp³-hybridized carbons (Fsp3) is 0.643. The van der Waals surface area contributed by atoms with Crippen LogP contribution in [0.3, 0.4) is 0 Å². The van der Waals surface area contributed by atoms with E-state index in [2.05, 4.69) is 11.6 Å². The Kier molecular flexibility index (Phi) is 3.57. The molecule has 0 spiro atoms. The zero-order chi connectivity index (χ0) is 15.2. The molecule has 21 heavy (non-hydrogen) atoms. The zero-order valence-electron chi connectivity index (χ0n) is 11.9. The van der Waals surface area contributed by atoms with Gasteiger partial charge in [0, 0.05) is 18.3 Å². The molecule has 0 saturated heterocycles. The van der Waals surface area contributed by atoms with Gasteiger partial charge in [-0.15, -0.1) is 0 Å². The highest BCUT2D eigenvalue weighted by Gasteiger charge is 2.32. The average Bonchev–Trinajstić information content (AvgIpc) is 2.99. The Bertz CT molecular complexity index is 661. The first kappa shape index (κ1) is 14.6. The van der Waals surface area contributed by atoms with Gasteiger partial charge in [-0.25, -0.2) is 17.9 Å². The van der Waals surface area contributed by atoms with Crippen LogP contribution in [0.1, 0.15) is 55.6 Å². The molecule has 2 aliphatic rings. The highest BCUT2D eigenvalue weighted by molar-refractivity contribution is 7.89. The van der Waals surface area contributed by atoms with Crippen molar-refractivity contribution in [1.82, 2.24) is 9.29 Å². The Morgan fingerprint density at radius 3 is 2.57 bits per heavy atom. The molecule has 0 bridgehead atoms. The average molecular weight is 312 g/mol. The van der Waals surface area contributed by atoms with Gasteiger partial charge in [0.15, 0.2) is 0 Å². The molecule has 1 heterocycles. The maximum absolute atomic E-state index is 12.4. The summed E-state index contributed by atoms with van der Waals surface area (Å²) >= 11 is 0. The van der Waals surface area contributed by atoms with Crippen molar-refractivity contribution >= 4 is 16.0 Å². The van der Waals surface area contributed by atoms with Crippen molar-refractivity contribution in [2.45, 2.75) is 56.0 Å². The first-order valence-corrected chi connectivity index (χ1v) is 8.82. The van der Waals surface area contributed by atoms with E-state index in [1.807, 2.05) is 0 Å². The summed E-state index contributed by atoms with van der Waals surface area (Å²) in [6.45, 7) is 2.11. The van der Waals surface area contributed by atoms with Crippen molar-refractivity contribution in [1.29, 1.82) is 0 Å². The monoisotopic (exact) mass is 312 g/mol. The summed E-state index contributed by atoms with van der Waals surface area (Å²) in [7, 11) is -3.64. The molecule has 2 unspecified atom stereocenters. The number of rotatable bonds is 5. The lowest BCUT2D eigenvalue weighted by molar-refractivity contribution is 0.0685. The predicted molar refractivity (Wildman–Crippen MR) is 76.8 cm³/mol. The smallest absolute Gasteiger partial charge is 0.352 e. The molecule has 2 saturated carbocycles. The molecule has 2 N–H and O–H groups in total. The summed E-state index contributed by atoms with van der Waals surface area (Å²) in [6.07, 6.45) is 5.98. The molecule has 0 radical (unpaired) electrons. The highest BCUT2D eigenvalue weighted by atomic mass is 32.2. The number of nitrogens with zero attached hydrogens (tertiary/aromatic N) is 1. The van der Waals surface area contributed by atoms with E-state index < -0.39 is 16.0 Å². The number of carboxylic acids is 1. The highest BCUT2D eigenvalue weighted by Crippen LogP contribution is 2.37. The Balaban J connectivity index is 1.85. The van der Waals surface area contributed by atoms with Gasteiger partial charge < -0.3 is 9.67 Å². The number of carbonyl (C=O) groups is 1. The first-order chi connectivity index (χ1) is 9.87. The largest absolute Gasteiger partial charge is 0.477 e. The molecule has 1 aromatic rings. The number of sulfonamides is 1. The van der Waals surface area contributed by atoms with E-state index in [1.165, 1.54) is 12.3 Å². The number of aromatic carboxylic acids is 1. The second kappa shape index (κ2) is 5.14. The molecule has 2 atom stereocenters. The van der Waals surface area contributed by atoms with Gasteiger partial charge in [0.25, 0.3) is 0 Å². The SMILES string of the molecule is CC1CCC(NS(=O)(=O)c2cc(C(=O)O)n(C3CC3)c2)C1. The van der Waals surface area contributed by atoms with Crippen molar-refractivity contribution in [3.63, 3.8) is 0 Å². The van der Waals surface area contributed by atoms with Gasteiger partial charge in [0.2, 0.25) is 10.0 Å². The van der Waals surface area contributed by atoms with Crippen molar-refractivity contribution in [2.75, 3.05) is 0 Å². The predicted octanol–water partition coefficient (Wildman–Crippen LogP) is 1.99. The summed E-state index contributed by atoms with van der Waals surface area (Å²) < 4.78 is 29.1. The Hall–Kier alpha value is -1.34. The number of nitrogens with one attached hydrogen (secondary N) is 1. The molecule has 116 valence electrons. The maximum Gasteiger partial charge on any atom is 0.352 e. The van der Waals surface area contributed by atoms with Gasteiger partial charge in [-0.1, -0.05) is 6.92 Å². The zero-order valence-corrected chi connectivity index (χ0v) is 12.8. The van der Waals surface area contributed by atoms with Gasteiger partial charge in [-0.05, 0) is 44.1 Å². The molecule has 0 aliphatic heterocycles. The summed E-state index contributed by atoms with van der Waals surface area (Å²) in [5.74, 6) is -0.554. The van der Waals surface area contributed by atoms with E-state index in [-0.39, 0.29) is 22.7 Å². The van der Waals surface area contributed by atoms with Gasteiger partial charge in [0.1, 0.15) is 10.6 Å². The van der Waals surface area contributed by atoms with Crippen LogP contribution in [0.25, 0.3) is 0 Å². The quantitative estimate of drug-likeness (QED) is 0.870. The Morgan fingerprint density at radius 2 is 2.05 bits per heavy atom. The van der Waals surface area contributed by atoms with Crippen LogP contribution >= 0.6 is 0 Å². The van der Waals surface area contributed by atoms with Crippen molar-refractivity contribution in [2.24, 2.45) is 5.92 Å². The van der Waals surface area contributed by atoms with Crippen LogP contribution < -0.4 is 4.72 Å². The van der Waals surface area contributed by atoms with Crippen molar-refractivity contribution in [3.05, 3.63) is 18.0 Å². The fourth-order valence-corrected chi connectivity index (χ4v) is 4.34. The topological polar surface area (TPSA) is 88.4 Å². The molecule has 7 heteroatoms. The lowest BCUT2D eigenvalue weighted by Gasteiger charge is -2.11. The molecule has 0 amide bonds. The third kappa shape index (κ3) is 2.98. The Morgan fingerprint density at radius 1 is 1.33 bits per heavy atom. The van der Waals surface area contributed by atoms with Crippen LogP contribution in [0.2, 0.25) is 0 Å². The number of aromatic nitrogens is 1. The number of carboxylic acid groups (broad SMARTS) is 1. The molecule has 2 fully saturated rings. The van der Waals surface area contributed by atoms with Gasteiger partial charge in [-0.2, -0.15) is 0 Å². The second-order valence-corrected chi connectivity index (χ2v) is 7.96. The standard InChI is InChI=1S/C14H20N2O4S/c1-9-2-3-10(6-9)15-21(19,20)12-7-13(14(17)18)16(8-12)11-4-5-11/h7-11,15H,2-6H2,1H3,(H,17,18). The van der Waals surface area contributed by atoms with Gasteiger partial charge >= 0.3 is 5.97 Å². The number of hydrogen-bond donors (Lipinski definition) is 2. The van der Waals surface area contributed by atoms with E-state index >= 15 is 0 Å². The van der Waals surface area contributed by atoms with Crippen molar-refractivity contribution < 1.29 is 18.3 Å². The van der Waals surface area contributed by atoms with Crippen molar-refractivity contribution in [3.8, 4) is 0 Å². The van der Waals surface area contributed by atoms with Crippen LogP contribution in [0.4, 0.5) is 0 Å². The van der Waals surface area contributed by atoms with Gasteiger partial charge in [-0.3, -0.25) is 0 Å². The summed E-state index contributed by atoms with van der Waals surface area (Å²) in [6, 6.07) is 1.36. The molecule has 0 aromatic carbocycles. The Labute approximate surface area is 124 Å². The molecular formula is C14H20N2O4S. The third-order valence-electron chi connectivity index (χ3n) is 4.31. The summed E-state index contributed by atoms with van der Waals surface area (Å²) in [5.41, 5.74) is 0.0534. The third-order valence-corrected chi connectivity index (χ3v) is 5.80. The maximum atomic E-state index is 12.4. The summed E-state index contributed by atoms with van der Waals surface area (Å²) in [5, 5.41) is 9.20. The number of hydrogen-bond acceptors (Lipinski definition) is 3. The van der Waals surface area contributed by atoms with E-state index in [4.69, 9.17) is 0 Å². The minimum absolute atomic E-state index is 0.0393. The minimum atomic E-state index is -3.64. The molecule has 2 aliphatic carbocycles. The van der Waals surface area contributed by atoms with E-state index in [0.717, 1.165) is 32.1 Å².